The van der Waals surface area contributed by atoms with Gasteiger partial charge in [-0.05, 0) is 62.2 Å². The highest BCUT2D eigenvalue weighted by Gasteiger charge is 2.34. The fourth-order valence-corrected chi connectivity index (χ4v) is 6.22. The van der Waals surface area contributed by atoms with Gasteiger partial charge in [0.05, 0.1) is 15.6 Å². The van der Waals surface area contributed by atoms with E-state index < -0.39 is 40.2 Å². The van der Waals surface area contributed by atoms with Gasteiger partial charge in [-0.25, -0.2) is 12.8 Å². The molecule has 2 amide bonds. The van der Waals surface area contributed by atoms with Crippen LogP contribution in [0.3, 0.4) is 0 Å². The Hall–Kier alpha value is -2.85. The molecule has 3 aromatic carbocycles. The summed E-state index contributed by atoms with van der Waals surface area (Å²) in [5.41, 5.74) is 0.378. The van der Waals surface area contributed by atoms with Crippen molar-refractivity contribution in [2.45, 2.75) is 57.1 Å². The summed E-state index contributed by atoms with van der Waals surface area (Å²) in [6, 6.07) is 14.6. The Labute approximate surface area is 255 Å². The summed E-state index contributed by atoms with van der Waals surface area (Å²) in [4.78, 5) is 28.6. The molecular formula is C29H31Cl3FN3O4S. The number of carbonyl (C=O) groups excluding carboxylic acids is 2. The lowest BCUT2D eigenvalue weighted by molar-refractivity contribution is -0.140. The topological polar surface area (TPSA) is 86.8 Å². The normalized spacial score (nSPS) is 12.9. The summed E-state index contributed by atoms with van der Waals surface area (Å²) in [5.74, 6) is -1.85. The first-order valence-corrected chi connectivity index (χ1v) is 15.5. The zero-order valence-electron chi connectivity index (χ0n) is 22.8. The molecule has 3 aromatic rings. The fraction of sp³-hybridized carbons (Fsp3) is 0.310. The smallest absolute Gasteiger partial charge is 0.264 e. The predicted octanol–water partition coefficient (Wildman–Crippen LogP) is 6.70. The maximum absolute atomic E-state index is 14.1. The van der Waals surface area contributed by atoms with Crippen LogP contribution in [0.15, 0.2) is 71.6 Å². The van der Waals surface area contributed by atoms with E-state index in [1.54, 1.807) is 43.3 Å². The molecule has 0 saturated heterocycles. The van der Waals surface area contributed by atoms with Crippen LogP contribution >= 0.6 is 34.8 Å². The number of anilines is 1. The van der Waals surface area contributed by atoms with Crippen molar-refractivity contribution in [3.05, 3.63) is 93.2 Å². The Morgan fingerprint density at radius 3 is 2.10 bits per heavy atom. The highest BCUT2D eigenvalue weighted by Crippen LogP contribution is 2.30. The van der Waals surface area contributed by atoms with Gasteiger partial charge in [0.15, 0.2) is 0 Å². The van der Waals surface area contributed by atoms with Gasteiger partial charge < -0.3 is 10.2 Å². The van der Waals surface area contributed by atoms with Crippen molar-refractivity contribution < 1.29 is 22.4 Å². The van der Waals surface area contributed by atoms with E-state index in [-0.39, 0.29) is 44.7 Å². The third-order valence-electron chi connectivity index (χ3n) is 6.58. The largest absolute Gasteiger partial charge is 0.352 e. The summed E-state index contributed by atoms with van der Waals surface area (Å²) < 4.78 is 42.5. The molecule has 0 heterocycles. The molecule has 220 valence electrons. The van der Waals surface area contributed by atoms with E-state index >= 15 is 0 Å². The van der Waals surface area contributed by atoms with E-state index in [1.165, 1.54) is 23.1 Å². The molecule has 41 heavy (non-hydrogen) atoms. The van der Waals surface area contributed by atoms with Crippen molar-refractivity contribution in [1.29, 1.82) is 0 Å². The highest BCUT2D eigenvalue weighted by molar-refractivity contribution is 7.92. The average Bonchev–Trinajstić information content (AvgIpc) is 2.94. The number of halogens is 4. The van der Waals surface area contributed by atoms with Crippen LogP contribution in [0.5, 0.6) is 0 Å². The Bertz CT molecular complexity index is 1470. The SMILES string of the molecule is CC[C@H](C(=O)N[C@@H](C)CC)N(Cc1c(Cl)cccc1Cl)C(=O)CN(c1ccc(F)c(Cl)c1)S(=O)(=O)c1ccccc1. The van der Waals surface area contributed by atoms with Gasteiger partial charge in [-0.15, -0.1) is 0 Å². The third kappa shape index (κ3) is 7.92. The van der Waals surface area contributed by atoms with Gasteiger partial charge in [0.25, 0.3) is 10.0 Å². The van der Waals surface area contributed by atoms with Crippen LogP contribution in [0, 0.1) is 5.82 Å². The summed E-state index contributed by atoms with van der Waals surface area (Å²) in [5, 5.41) is 3.15. The second-order valence-corrected chi connectivity index (χ2v) is 12.5. The van der Waals surface area contributed by atoms with E-state index in [0.717, 1.165) is 16.4 Å². The molecule has 0 unspecified atom stereocenters. The fourth-order valence-electron chi connectivity index (χ4n) is 4.10. The van der Waals surface area contributed by atoms with Crippen LogP contribution in [0.1, 0.15) is 39.2 Å². The second-order valence-electron chi connectivity index (χ2n) is 9.39. The molecule has 0 aromatic heterocycles. The van der Waals surface area contributed by atoms with Gasteiger partial charge in [0.2, 0.25) is 11.8 Å². The summed E-state index contributed by atoms with van der Waals surface area (Å²) in [7, 11) is -4.33. The van der Waals surface area contributed by atoms with Gasteiger partial charge in [-0.2, -0.15) is 0 Å². The number of nitrogens with one attached hydrogen (secondary N) is 1. The lowest BCUT2D eigenvalue weighted by Gasteiger charge is -2.34. The quantitative estimate of drug-likeness (QED) is 0.238. The maximum atomic E-state index is 14.1. The molecule has 0 spiro atoms. The minimum atomic E-state index is -4.33. The van der Waals surface area contributed by atoms with Gasteiger partial charge in [0.1, 0.15) is 18.4 Å². The van der Waals surface area contributed by atoms with E-state index in [0.29, 0.717) is 12.0 Å². The molecule has 0 radical (unpaired) electrons. The lowest BCUT2D eigenvalue weighted by Crippen LogP contribution is -2.53. The standard InChI is InChI=1S/C29H31Cl3FN3O4S/c1-4-19(3)34-29(38)27(5-2)35(17-22-23(30)12-9-13-24(22)31)28(37)18-36(20-14-15-26(33)25(32)16-20)41(39,40)21-10-7-6-8-11-21/h6-16,19,27H,4-5,17-18H2,1-3H3,(H,34,38)/t19-,27+/m0/s1. The first kappa shape index (κ1) is 32.7. The summed E-state index contributed by atoms with van der Waals surface area (Å²) >= 11 is 18.8. The molecule has 0 fully saturated rings. The van der Waals surface area contributed by atoms with Crippen molar-refractivity contribution >= 4 is 62.3 Å². The zero-order chi connectivity index (χ0) is 30.3. The van der Waals surface area contributed by atoms with E-state index in [1.807, 2.05) is 13.8 Å². The number of hydrogen-bond acceptors (Lipinski definition) is 4. The number of nitrogens with zero attached hydrogens (tertiary/aromatic N) is 2. The molecule has 0 aliphatic rings. The van der Waals surface area contributed by atoms with Crippen LogP contribution < -0.4 is 9.62 Å². The lowest BCUT2D eigenvalue weighted by atomic mass is 10.1. The minimum absolute atomic E-state index is 0.0264. The molecular weight excluding hydrogens is 612 g/mol. The summed E-state index contributed by atoms with van der Waals surface area (Å²) in [6.07, 6.45) is 0.894. The number of carbonyl (C=O) groups is 2. The first-order valence-electron chi connectivity index (χ1n) is 13.0. The molecule has 7 nitrogen and oxygen atoms in total. The van der Waals surface area contributed by atoms with Crippen molar-refractivity contribution in [3.8, 4) is 0 Å². The molecule has 0 aliphatic carbocycles. The first-order chi connectivity index (χ1) is 19.4. The molecule has 0 saturated carbocycles. The molecule has 0 aliphatic heterocycles. The molecule has 3 rings (SSSR count). The third-order valence-corrected chi connectivity index (χ3v) is 9.36. The number of sulfonamides is 1. The number of benzene rings is 3. The zero-order valence-corrected chi connectivity index (χ0v) is 25.9. The van der Waals surface area contributed by atoms with Crippen molar-refractivity contribution in [3.63, 3.8) is 0 Å². The van der Waals surface area contributed by atoms with Gasteiger partial charge in [0, 0.05) is 28.2 Å². The Balaban J connectivity index is 2.11. The van der Waals surface area contributed by atoms with E-state index in [2.05, 4.69) is 5.32 Å². The molecule has 1 N–H and O–H groups in total. The molecule has 12 heteroatoms. The predicted molar refractivity (Wildman–Crippen MR) is 161 cm³/mol. The monoisotopic (exact) mass is 641 g/mol. The highest BCUT2D eigenvalue weighted by atomic mass is 35.5. The van der Waals surface area contributed by atoms with Crippen LogP contribution in [0.2, 0.25) is 15.1 Å². The van der Waals surface area contributed by atoms with Crippen LogP contribution in [0.25, 0.3) is 0 Å². The molecule has 2 atom stereocenters. The maximum Gasteiger partial charge on any atom is 0.264 e. The Morgan fingerprint density at radius 2 is 1.54 bits per heavy atom. The Morgan fingerprint density at radius 1 is 0.902 bits per heavy atom. The van der Waals surface area contributed by atoms with Crippen molar-refractivity contribution in [2.24, 2.45) is 0 Å². The van der Waals surface area contributed by atoms with Crippen LogP contribution in [-0.4, -0.2) is 43.8 Å². The Kier molecular flexibility index (Phi) is 11.4. The summed E-state index contributed by atoms with van der Waals surface area (Å²) in [6.45, 7) is 4.63. The van der Waals surface area contributed by atoms with Crippen molar-refractivity contribution in [1.82, 2.24) is 10.2 Å². The number of hydrogen-bond donors (Lipinski definition) is 1. The number of amides is 2. The second kappa shape index (κ2) is 14.4. The number of rotatable bonds is 12. The van der Waals surface area contributed by atoms with Gasteiger partial charge in [-0.3, -0.25) is 13.9 Å². The van der Waals surface area contributed by atoms with Gasteiger partial charge >= 0.3 is 0 Å². The van der Waals surface area contributed by atoms with E-state index in [4.69, 9.17) is 34.8 Å². The molecule has 0 bridgehead atoms. The van der Waals surface area contributed by atoms with Crippen LogP contribution in [0.4, 0.5) is 10.1 Å². The van der Waals surface area contributed by atoms with E-state index in [9.17, 15) is 22.4 Å². The minimum Gasteiger partial charge on any atom is -0.352 e. The van der Waals surface area contributed by atoms with Gasteiger partial charge in [-0.1, -0.05) is 72.9 Å². The van der Waals surface area contributed by atoms with Crippen molar-refractivity contribution in [2.75, 3.05) is 10.8 Å². The van der Waals surface area contributed by atoms with Crippen LogP contribution in [-0.2, 0) is 26.2 Å². The average molecular weight is 643 g/mol.